The topological polar surface area (TPSA) is 36.4 Å². The standard InChI is InChI=1S/C18H22N2O/c1-2-9-18(14-21)10-5-12-20(13-18)17-16-7-4-3-6-15(16)8-11-19-17/h2-4,6-8,11,21H,1,5,9-10,12-14H2/t18-/m0/s1. The number of rotatable bonds is 4. The van der Waals surface area contributed by atoms with Crippen LogP contribution >= 0.6 is 0 Å². The van der Waals surface area contributed by atoms with Gasteiger partial charge >= 0.3 is 0 Å². The number of aliphatic hydroxyl groups excluding tert-OH is 1. The molecule has 0 amide bonds. The summed E-state index contributed by atoms with van der Waals surface area (Å²) < 4.78 is 0. The number of nitrogens with zero attached hydrogens (tertiary/aromatic N) is 2. The van der Waals surface area contributed by atoms with Crippen molar-refractivity contribution in [2.45, 2.75) is 19.3 Å². The first kappa shape index (κ1) is 14.1. The zero-order chi connectivity index (χ0) is 14.7. The molecule has 0 bridgehead atoms. The number of pyridine rings is 1. The molecule has 3 heteroatoms. The minimum absolute atomic E-state index is 0.0708. The second kappa shape index (κ2) is 5.86. The first-order chi connectivity index (χ1) is 10.3. The highest BCUT2D eigenvalue weighted by atomic mass is 16.3. The number of anilines is 1. The average Bonchev–Trinajstić information content (AvgIpc) is 2.55. The maximum atomic E-state index is 9.86. The van der Waals surface area contributed by atoms with Crippen molar-refractivity contribution in [3.63, 3.8) is 0 Å². The van der Waals surface area contributed by atoms with E-state index < -0.39 is 0 Å². The summed E-state index contributed by atoms with van der Waals surface area (Å²) >= 11 is 0. The average molecular weight is 282 g/mol. The number of allylic oxidation sites excluding steroid dienone is 1. The van der Waals surface area contributed by atoms with Crippen molar-refractivity contribution >= 4 is 16.6 Å². The fraction of sp³-hybridized carbons (Fsp3) is 0.389. The van der Waals surface area contributed by atoms with Crippen LogP contribution in [0, 0.1) is 5.41 Å². The molecule has 0 aliphatic carbocycles. The zero-order valence-electron chi connectivity index (χ0n) is 12.3. The maximum Gasteiger partial charge on any atom is 0.136 e. The van der Waals surface area contributed by atoms with Crippen LogP contribution in [-0.4, -0.2) is 29.8 Å². The monoisotopic (exact) mass is 282 g/mol. The first-order valence-corrected chi connectivity index (χ1v) is 7.58. The summed E-state index contributed by atoms with van der Waals surface area (Å²) in [5.41, 5.74) is -0.0708. The molecule has 1 aromatic carbocycles. The molecule has 1 fully saturated rings. The number of hydrogen-bond donors (Lipinski definition) is 1. The Hall–Kier alpha value is -1.87. The van der Waals surface area contributed by atoms with Gasteiger partial charge in [-0.05, 0) is 30.7 Å². The van der Waals surface area contributed by atoms with Gasteiger partial charge in [0, 0.05) is 30.1 Å². The van der Waals surface area contributed by atoms with Crippen molar-refractivity contribution in [3.8, 4) is 0 Å². The molecule has 1 N–H and O–H groups in total. The summed E-state index contributed by atoms with van der Waals surface area (Å²) in [6, 6.07) is 10.4. The highest BCUT2D eigenvalue weighted by molar-refractivity contribution is 5.92. The lowest BCUT2D eigenvalue weighted by molar-refractivity contribution is 0.108. The van der Waals surface area contributed by atoms with Crippen LogP contribution in [0.4, 0.5) is 5.82 Å². The quantitative estimate of drug-likeness (QED) is 0.873. The maximum absolute atomic E-state index is 9.86. The van der Waals surface area contributed by atoms with Crippen molar-refractivity contribution in [2.75, 3.05) is 24.6 Å². The summed E-state index contributed by atoms with van der Waals surface area (Å²) in [7, 11) is 0. The van der Waals surface area contributed by atoms with E-state index in [-0.39, 0.29) is 12.0 Å². The molecule has 1 saturated heterocycles. The fourth-order valence-corrected chi connectivity index (χ4v) is 3.41. The number of aliphatic hydroxyl groups is 1. The van der Waals surface area contributed by atoms with Gasteiger partial charge in [0.05, 0.1) is 6.61 Å². The Morgan fingerprint density at radius 3 is 3.00 bits per heavy atom. The first-order valence-electron chi connectivity index (χ1n) is 7.58. The molecule has 1 atom stereocenters. The Morgan fingerprint density at radius 1 is 1.33 bits per heavy atom. The van der Waals surface area contributed by atoms with Gasteiger partial charge < -0.3 is 10.0 Å². The van der Waals surface area contributed by atoms with E-state index in [0.29, 0.717) is 0 Å². The second-order valence-electron chi connectivity index (χ2n) is 6.03. The van der Waals surface area contributed by atoms with E-state index in [0.717, 1.165) is 38.2 Å². The molecule has 21 heavy (non-hydrogen) atoms. The van der Waals surface area contributed by atoms with Gasteiger partial charge in [-0.25, -0.2) is 4.98 Å². The molecule has 2 aromatic rings. The lowest BCUT2D eigenvalue weighted by atomic mass is 9.78. The summed E-state index contributed by atoms with van der Waals surface area (Å²) in [6.45, 7) is 5.90. The van der Waals surface area contributed by atoms with E-state index in [9.17, 15) is 5.11 Å². The third-order valence-corrected chi connectivity index (χ3v) is 4.53. The Kier molecular flexibility index (Phi) is 3.93. The second-order valence-corrected chi connectivity index (χ2v) is 6.03. The Balaban J connectivity index is 1.97. The van der Waals surface area contributed by atoms with E-state index in [4.69, 9.17) is 0 Å². The van der Waals surface area contributed by atoms with Crippen LogP contribution in [0.2, 0.25) is 0 Å². The van der Waals surface area contributed by atoms with Gasteiger partial charge in [-0.2, -0.15) is 0 Å². The minimum atomic E-state index is -0.0708. The van der Waals surface area contributed by atoms with E-state index >= 15 is 0 Å². The van der Waals surface area contributed by atoms with Crippen LogP contribution in [-0.2, 0) is 0 Å². The van der Waals surface area contributed by atoms with Gasteiger partial charge in [-0.1, -0.05) is 30.3 Å². The molecule has 3 rings (SSSR count). The largest absolute Gasteiger partial charge is 0.396 e. The third kappa shape index (κ3) is 2.66. The number of benzene rings is 1. The molecule has 0 unspecified atom stereocenters. The van der Waals surface area contributed by atoms with Crippen molar-refractivity contribution < 1.29 is 5.11 Å². The number of piperidine rings is 1. The van der Waals surface area contributed by atoms with Crippen LogP contribution in [0.1, 0.15) is 19.3 Å². The lowest BCUT2D eigenvalue weighted by Crippen LogP contribution is -2.45. The predicted octanol–water partition coefficient (Wildman–Crippen LogP) is 3.39. The van der Waals surface area contributed by atoms with Crippen molar-refractivity contribution in [2.24, 2.45) is 5.41 Å². The van der Waals surface area contributed by atoms with Gasteiger partial charge in [-0.3, -0.25) is 0 Å². The van der Waals surface area contributed by atoms with Crippen LogP contribution in [0.15, 0.2) is 49.2 Å². The van der Waals surface area contributed by atoms with Crippen molar-refractivity contribution in [1.29, 1.82) is 0 Å². The van der Waals surface area contributed by atoms with Crippen LogP contribution in [0.25, 0.3) is 10.8 Å². The molecule has 1 aliphatic heterocycles. The summed E-state index contributed by atoms with van der Waals surface area (Å²) in [5, 5.41) is 12.3. The molecule has 0 spiro atoms. The van der Waals surface area contributed by atoms with E-state index in [1.807, 2.05) is 18.3 Å². The van der Waals surface area contributed by atoms with Gasteiger partial charge in [0.25, 0.3) is 0 Å². The smallest absolute Gasteiger partial charge is 0.136 e. The lowest BCUT2D eigenvalue weighted by Gasteiger charge is -2.42. The van der Waals surface area contributed by atoms with Crippen LogP contribution in [0.3, 0.4) is 0 Å². The molecule has 0 saturated carbocycles. The molecule has 0 radical (unpaired) electrons. The Bertz CT molecular complexity index is 635. The summed E-state index contributed by atoms with van der Waals surface area (Å²) in [5.74, 6) is 1.04. The third-order valence-electron chi connectivity index (χ3n) is 4.53. The van der Waals surface area contributed by atoms with Gasteiger partial charge in [0.2, 0.25) is 0 Å². The molecule has 110 valence electrons. The van der Waals surface area contributed by atoms with E-state index in [1.54, 1.807) is 0 Å². The molecule has 2 heterocycles. The van der Waals surface area contributed by atoms with Crippen molar-refractivity contribution in [1.82, 2.24) is 4.98 Å². The van der Waals surface area contributed by atoms with E-state index in [2.05, 4.69) is 40.7 Å². The highest BCUT2D eigenvalue weighted by Crippen LogP contribution is 2.36. The van der Waals surface area contributed by atoms with Gasteiger partial charge in [0.15, 0.2) is 0 Å². The number of hydrogen-bond acceptors (Lipinski definition) is 3. The molecule has 1 aliphatic rings. The summed E-state index contributed by atoms with van der Waals surface area (Å²) in [6.07, 6.45) is 6.79. The SMILES string of the molecule is C=CC[C@]1(CO)CCCN(c2nccc3ccccc23)C1. The fourth-order valence-electron chi connectivity index (χ4n) is 3.41. The van der Waals surface area contributed by atoms with E-state index in [1.165, 1.54) is 10.8 Å². The van der Waals surface area contributed by atoms with Crippen molar-refractivity contribution in [3.05, 3.63) is 49.2 Å². The Morgan fingerprint density at radius 2 is 2.19 bits per heavy atom. The highest BCUT2D eigenvalue weighted by Gasteiger charge is 2.34. The molecule has 3 nitrogen and oxygen atoms in total. The minimum Gasteiger partial charge on any atom is -0.396 e. The number of fused-ring (bicyclic) bond motifs is 1. The van der Waals surface area contributed by atoms with Gasteiger partial charge in [0.1, 0.15) is 5.82 Å². The number of aromatic nitrogens is 1. The molecule has 1 aromatic heterocycles. The molecular weight excluding hydrogens is 260 g/mol. The zero-order valence-corrected chi connectivity index (χ0v) is 12.3. The normalized spacial score (nSPS) is 22.4. The Labute approximate surface area is 125 Å². The van der Waals surface area contributed by atoms with Crippen LogP contribution < -0.4 is 4.90 Å². The predicted molar refractivity (Wildman–Crippen MR) is 87.5 cm³/mol. The molecular formula is C18H22N2O. The van der Waals surface area contributed by atoms with Crippen LogP contribution in [0.5, 0.6) is 0 Å². The summed E-state index contributed by atoms with van der Waals surface area (Å²) in [4.78, 5) is 6.93. The van der Waals surface area contributed by atoms with Gasteiger partial charge in [-0.15, -0.1) is 6.58 Å².